The van der Waals surface area contributed by atoms with Crippen LogP contribution in [-0.2, 0) is 4.74 Å². The van der Waals surface area contributed by atoms with Crippen molar-refractivity contribution in [1.29, 1.82) is 0 Å². The average Bonchev–Trinajstić information content (AvgIpc) is 2.72. The van der Waals surface area contributed by atoms with Crippen LogP contribution in [0.2, 0.25) is 0 Å². The zero-order valence-electron chi connectivity index (χ0n) is 13.7. The van der Waals surface area contributed by atoms with E-state index in [2.05, 4.69) is 31.0 Å². The molecule has 2 aliphatic rings. The molecule has 0 aliphatic carbocycles. The van der Waals surface area contributed by atoms with Crippen molar-refractivity contribution in [3.05, 3.63) is 0 Å². The van der Waals surface area contributed by atoms with Crippen molar-refractivity contribution in [2.75, 3.05) is 32.7 Å². The van der Waals surface area contributed by atoms with E-state index in [1.165, 1.54) is 45.2 Å². The lowest BCUT2D eigenvalue weighted by Crippen LogP contribution is -2.34. The maximum atomic E-state index is 6.18. The van der Waals surface area contributed by atoms with Crippen molar-refractivity contribution in [2.24, 2.45) is 11.8 Å². The normalized spacial score (nSPS) is 32.7. The topological polar surface area (TPSA) is 24.5 Å². The molecule has 20 heavy (non-hydrogen) atoms. The minimum absolute atomic E-state index is 0.454. The lowest BCUT2D eigenvalue weighted by Gasteiger charge is -2.24. The predicted molar refractivity (Wildman–Crippen MR) is 85.1 cm³/mol. The van der Waals surface area contributed by atoms with Crippen LogP contribution in [0.4, 0.5) is 0 Å². The number of likely N-dealkylation sites (N-methyl/N-ethyl adjacent to an activating group) is 1. The van der Waals surface area contributed by atoms with Gasteiger partial charge in [-0.05, 0) is 63.6 Å². The first-order chi connectivity index (χ1) is 9.69. The van der Waals surface area contributed by atoms with Gasteiger partial charge in [0, 0.05) is 13.1 Å². The van der Waals surface area contributed by atoms with E-state index in [-0.39, 0.29) is 0 Å². The number of hydrogen-bond donors (Lipinski definition) is 1. The Hall–Kier alpha value is -0.120. The summed E-state index contributed by atoms with van der Waals surface area (Å²) in [5.74, 6) is 1.79. The summed E-state index contributed by atoms with van der Waals surface area (Å²) in [4.78, 5) is 2.66. The molecule has 2 fully saturated rings. The molecule has 3 nitrogen and oxygen atoms in total. The second kappa shape index (κ2) is 8.35. The third kappa shape index (κ3) is 5.01. The maximum Gasteiger partial charge on any atom is 0.0707 e. The Morgan fingerprint density at radius 1 is 1.10 bits per heavy atom. The Bertz CT molecular complexity index is 270. The van der Waals surface area contributed by atoms with E-state index in [0.717, 1.165) is 31.5 Å². The summed E-state index contributed by atoms with van der Waals surface area (Å²) >= 11 is 0. The van der Waals surface area contributed by atoms with Gasteiger partial charge < -0.3 is 15.0 Å². The number of rotatable bonds is 6. The Morgan fingerprint density at radius 3 is 2.65 bits per heavy atom. The fourth-order valence-electron chi connectivity index (χ4n) is 3.69. The summed E-state index contributed by atoms with van der Waals surface area (Å²) in [6.45, 7) is 12.7. The van der Waals surface area contributed by atoms with Crippen LogP contribution in [0.3, 0.4) is 0 Å². The van der Waals surface area contributed by atoms with Gasteiger partial charge in [-0.3, -0.25) is 0 Å². The first-order valence-corrected chi connectivity index (χ1v) is 8.77. The monoisotopic (exact) mass is 282 g/mol. The molecule has 0 spiro atoms. The SMILES string of the molecule is CCNCC1CCC(CN2CCCC(C(C)C)CC2)O1. The van der Waals surface area contributed by atoms with E-state index in [1.807, 2.05) is 0 Å². The van der Waals surface area contributed by atoms with E-state index in [1.54, 1.807) is 0 Å². The van der Waals surface area contributed by atoms with Gasteiger partial charge in [-0.15, -0.1) is 0 Å². The summed E-state index contributed by atoms with van der Waals surface area (Å²) in [7, 11) is 0. The van der Waals surface area contributed by atoms with Crippen molar-refractivity contribution >= 4 is 0 Å². The second-order valence-corrected chi connectivity index (χ2v) is 7.00. The van der Waals surface area contributed by atoms with Crippen molar-refractivity contribution in [1.82, 2.24) is 10.2 Å². The third-order valence-corrected chi connectivity index (χ3v) is 5.09. The standard InChI is InChI=1S/C17H34N2O/c1-4-18-12-16-7-8-17(20-16)13-19-10-5-6-15(9-11-19)14(2)3/h14-18H,4-13H2,1-3H3. The summed E-state index contributed by atoms with van der Waals surface area (Å²) < 4.78 is 6.18. The molecule has 118 valence electrons. The molecule has 3 atom stereocenters. The number of hydrogen-bond acceptors (Lipinski definition) is 3. The molecule has 0 aromatic rings. The number of nitrogens with zero attached hydrogens (tertiary/aromatic N) is 1. The Morgan fingerprint density at radius 2 is 1.90 bits per heavy atom. The highest BCUT2D eigenvalue weighted by molar-refractivity contribution is 4.80. The predicted octanol–water partition coefficient (Wildman–Crippen LogP) is 2.90. The second-order valence-electron chi connectivity index (χ2n) is 7.00. The fraction of sp³-hybridized carbons (Fsp3) is 1.00. The van der Waals surface area contributed by atoms with Crippen molar-refractivity contribution in [3.8, 4) is 0 Å². The van der Waals surface area contributed by atoms with Gasteiger partial charge >= 0.3 is 0 Å². The molecule has 0 radical (unpaired) electrons. The summed E-state index contributed by atoms with van der Waals surface area (Å²) in [5, 5.41) is 3.40. The highest BCUT2D eigenvalue weighted by Crippen LogP contribution is 2.26. The first kappa shape index (κ1) is 16.3. The lowest BCUT2D eigenvalue weighted by molar-refractivity contribution is 0.0239. The molecule has 0 bridgehead atoms. The minimum atomic E-state index is 0.454. The third-order valence-electron chi connectivity index (χ3n) is 5.09. The van der Waals surface area contributed by atoms with Crippen LogP contribution in [0.25, 0.3) is 0 Å². The molecule has 2 aliphatic heterocycles. The largest absolute Gasteiger partial charge is 0.372 e. The molecule has 2 rings (SSSR count). The van der Waals surface area contributed by atoms with E-state index in [0.29, 0.717) is 12.2 Å². The lowest BCUT2D eigenvalue weighted by atomic mass is 9.89. The molecule has 1 N–H and O–H groups in total. The first-order valence-electron chi connectivity index (χ1n) is 8.77. The maximum absolute atomic E-state index is 6.18. The molecule has 0 saturated carbocycles. The van der Waals surface area contributed by atoms with E-state index >= 15 is 0 Å². The Kier molecular flexibility index (Phi) is 6.79. The summed E-state index contributed by atoms with van der Waals surface area (Å²) in [6, 6.07) is 0. The molecule has 0 amide bonds. The number of ether oxygens (including phenoxy) is 1. The molecule has 0 aromatic heterocycles. The van der Waals surface area contributed by atoms with E-state index in [9.17, 15) is 0 Å². The van der Waals surface area contributed by atoms with Crippen LogP contribution in [0.5, 0.6) is 0 Å². The van der Waals surface area contributed by atoms with E-state index < -0.39 is 0 Å². The minimum Gasteiger partial charge on any atom is -0.372 e. The van der Waals surface area contributed by atoms with Crippen LogP contribution in [-0.4, -0.2) is 49.8 Å². The van der Waals surface area contributed by atoms with E-state index in [4.69, 9.17) is 4.74 Å². The van der Waals surface area contributed by atoms with Gasteiger partial charge in [0.15, 0.2) is 0 Å². The highest BCUT2D eigenvalue weighted by atomic mass is 16.5. The van der Waals surface area contributed by atoms with Gasteiger partial charge in [0.05, 0.1) is 12.2 Å². The average molecular weight is 282 g/mol. The fourth-order valence-corrected chi connectivity index (χ4v) is 3.69. The Balaban J connectivity index is 1.69. The number of nitrogens with one attached hydrogen (secondary N) is 1. The molecule has 0 aromatic carbocycles. The molecular weight excluding hydrogens is 248 g/mol. The molecule has 2 saturated heterocycles. The van der Waals surface area contributed by atoms with Gasteiger partial charge in [0.2, 0.25) is 0 Å². The van der Waals surface area contributed by atoms with Crippen LogP contribution in [0, 0.1) is 11.8 Å². The van der Waals surface area contributed by atoms with Crippen LogP contribution >= 0.6 is 0 Å². The smallest absolute Gasteiger partial charge is 0.0707 e. The summed E-state index contributed by atoms with van der Waals surface area (Å²) in [5.41, 5.74) is 0. The van der Waals surface area contributed by atoms with Crippen LogP contribution < -0.4 is 5.32 Å². The molecule has 3 unspecified atom stereocenters. The molecular formula is C17H34N2O. The van der Waals surface area contributed by atoms with Crippen LogP contribution in [0.1, 0.15) is 52.9 Å². The van der Waals surface area contributed by atoms with Gasteiger partial charge in [0.1, 0.15) is 0 Å². The summed E-state index contributed by atoms with van der Waals surface area (Å²) in [6.07, 6.45) is 7.59. The quantitative estimate of drug-likeness (QED) is 0.811. The van der Waals surface area contributed by atoms with Gasteiger partial charge in [-0.25, -0.2) is 0 Å². The van der Waals surface area contributed by atoms with Crippen molar-refractivity contribution in [2.45, 2.75) is 65.1 Å². The van der Waals surface area contributed by atoms with Gasteiger partial charge in [-0.1, -0.05) is 20.8 Å². The molecule has 2 heterocycles. The number of likely N-dealkylation sites (tertiary alicyclic amines) is 1. The molecule has 3 heteroatoms. The van der Waals surface area contributed by atoms with Gasteiger partial charge in [0.25, 0.3) is 0 Å². The van der Waals surface area contributed by atoms with Crippen LogP contribution in [0.15, 0.2) is 0 Å². The van der Waals surface area contributed by atoms with Gasteiger partial charge in [-0.2, -0.15) is 0 Å². The van der Waals surface area contributed by atoms with Crippen molar-refractivity contribution < 1.29 is 4.74 Å². The highest BCUT2D eigenvalue weighted by Gasteiger charge is 2.27. The zero-order valence-corrected chi connectivity index (χ0v) is 13.7. The Labute approximate surface area is 125 Å². The zero-order chi connectivity index (χ0) is 14.4. The van der Waals surface area contributed by atoms with Crippen molar-refractivity contribution in [3.63, 3.8) is 0 Å².